The number of hydrogen-bond donors (Lipinski definition) is 2. The minimum atomic E-state index is -4.00. The number of unbranched alkanes of at least 4 members (excludes halogenated alkanes) is 2. The van der Waals surface area contributed by atoms with E-state index < -0.39 is 13.9 Å². The van der Waals surface area contributed by atoms with Gasteiger partial charge in [0.05, 0.1) is 0 Å². The summed E-state index contributed by atoms with van der Waals surface area (Å²) < 4.78 is 15.4. The molecule has 0 saturated carbocycles. The van der Waals surface area contributed by atoms with E-state index in [0.717, 1.165) is 32.1 Å². The summed E-state index contributed by atoms with van der Waals surface area (Å²) in [5.41, 5.74) is 2.75. The molecule has 0 radical (unpaired) electrons. The van der Waals surface area contributed by atoms with Crippen LogP contribution in [0.25, 0.3) is 0 Å². The van der Waals surface area contributed by atoms with Gasteiger partial charge in [-0.3, -0.25) is 4.57 Å². The number of allylic oxidation sites excluding steroid dienone is 4. The van der Waals surface area contributed by atoms with E-state index in [1.165, 1.54) is 11.1 Å². The van der Waals surface area contributed by atoms with Gasteiger partial charge in [0.2, 0.25) is 0 Å². The Morgan fingerprint density at radius 1 is 1.11 bits per heavy atom. The quantitative estimate of drug-likeness (QED) is 0.362. The summed E-state index contributed by atoms with van der Waals surface area (Å²) in [6.07, 6.45) is 9.02. The van der Waals surface area contributed by atoms with Crippen molar-refractivity contribution in [2.75, 3.05) is 13.0 Å². The van der Waals surface area contributed by atoms with Crippen molar-refractivity contribution in [1.82, 2.24) is 0 Å². The SMILES string of the molecule is CC(C)=CCC/C(C)=C/CCCCOCP(=O)(O)O. The van der Waals surface area contributed by atoms with Gasteiger partial charge in [-0.2, -0.15) is 0 Å². The van der Waals surface area contributed by atoms with E-state index in [1.54, 1.807) is 0 Å². The fraction of sp³-hybridized carbons (Fsp3) is 0.714. The number of hydrogen-bond acceptors (Lipinski definition) is 2. The first-order valence-electron chi connectivity index (χ1n) is 6.72. The predicted molar refractivity (Wildman–Crippen MR) is 79.1 cm³/mol. The van der Waals surface area contributed by atoms with E-state index in [4.69, 9.17) is 14.5 Å². The van der Waals surface area contributed by atoms with Gasteiger partial charge in [0.1, 0.15) is 6.35 Å². The minimum absolute atomic E-state index is 0.412. The minimum Gasteiger partial charge on any atom is -0.369 e. The smallest absolute Gasteiger partial charge is 0.350 e. The van der Waals surface area contributed by atoms with Crippen LogP contribution in [0.1, 0.15) is 52.9 Å². The lowest BCUT2D eigenvalue weighted by Gasteiger charge is -2.05. The topological polar surface area (TPSA) is 66.8 Å². The van der Waals surface area contributed by atoms with Crippen molar-refractivity contribution in [2.45, 2.75) is 52.9 Å². The molecule has 0 unspecified atom stereocenters. The Hall–Kier alpha value is -0.410. The fourth-order valence-corrected chi connectivity index (χ4v) is 1.94. The molecule has 4 nitrogen and oxygen atoms in total. The lowest BCUT2D eigenvalue weighted by Crippen LogP contribution is -1.97. The Labute approximate surface area is 116 Å². The average molecular weight is 290 g/mol. The largest absolute Gasteiger partial charge is 0.369 e. The molecule has 0 aromatic heterocycles. The molecule has 0 aliphatic rings. The van der Waals surface area contributed by atoms with Gasteiger partial charge in [-0.05, 0) is 52.9 Å². The zero-order chi connectivity index (χ0) is 14.7. The molecule has 0 rings (SSSR count). The second kappa shape index (κ2) is 10.4. The first-order valence-corrected chi connectivity index (χ1v) is 8.52. The summed E-state index contributed by atoms with van der Waals surface area (Å²) in [6.45, 7) is 6.77. The lowest BCUT2D eigenvalue weighted by molar-refractivity contribution is 0.153. The van der Waals surface area contributed by atoms with Gasteiger partial charge in [0, 0.05) is 6.61 Å². The Balaban J connectivity index is 3.51. The van der Waals surface area contributed by atoms with Crippen molar-refractivity contribution in [3.63, 3.8) is 0 Å². The second-order valence-electron chi connectivity index (χ2n) is 5.07. The third-order valence-corrected chi connectivity index (χ3v) is 3.11. The molecule has 112 valence electrons. The molecule has 2 N–H and O–H groups in total. The number of ether oxygens (including phenoxy) is 1. The third kappa shape index (κ3) is 15.5. The molecule has 0 aliphatic heterocycles. The molecule has 0 bridgehead atoms. The van der Waals surface area contributed by atoms with Crippen molar-refractivity contribution >= 4 is 7.60 Å². The van der Waals surface area contributed by atoms with Crippen molar-refractivity contribution in [3.05, 3.63) is 23.3 Å². The van der Waals surface area contributed by atoms with Gasteiger partial charge in [0.15, 0.2) is 0 Å². The third-order valence-electron chi connectivity index (χ3n) is 2.59. The van der Waals surface area contributed by atoms with E-state index in [1.807, 2.05) is 0 Å². The summed E-state index contributed by atoms with van der Waals surface area (Å²) in [4.78, 5) is 17.2. The molecule has 0 aromatic carbocycles. The van der Waals surface area contributed by atoms with Crippen LogP contribution < -0.4 is 0 Å². The monoisotopic (exact) mass is 290 g/mol. The molecule has 0 aromatic rings. The second-order valence-corrected chi connectivity index (χ2v) is 6.66. The molecule has 0 fully saturated rings. The Bertz CT molecular complexity index is 337. The lowest BCUT2D eigenvalue weighted by atomic mass is 10.1. The van der Waals surface area contributed by atoms with Crippen LogP contribution in [0.3, 0.4) is 0 Å². The van der Waals surface area contributed by atoms with Crippen LogP contribution in [0.2, 0.25) is 0 Å². The van der Waals surface area contributed by atoms with Crippen molar-refractivity contribution in [2.24, 2.45) is 0 Å². The van der Waals surface area contributed by atoms with Gasteiger partial charge in [-0.25, -0.2) is 0 Å². The normalized spacial score (nSPS) is 12.6. The average Bonchev–Trinajstić information content (AvgIpc) is 2.25. The standard InChI is InChI=1S/C14H27O4P/c1-13(2)8-7-10-14(3)9-5-4-6-11-18-12-19(15,16)17/h8-9H,4-7,10-12H2,1-3H3,(H2,15,16,17)/b14-9+. The summed E-state index contributed by atoms with van der Waals surface area (Å²) in [5.74, 6) is 0. The van der Waals surface area contributed by atoms with Crippen molar-refractivity contribution in [1.29, 1.82) is 0 Å². The fourth-order valence-electron chi connectivity index (χ4n) is 1.57. The van der Waals surface area contributed by atoms with Crippen LogP contribution >= 0.6 is 7.60 Å². The Morgan fingerprint density at radius 2 is 1.79 bits per heavy atom. The Morgan fingerprint density at radius 3 is 2.37 bits per heavy atom. The van der Waals surface area contributed by atoms with Gasteiger partial charge >= 0.3 is 7.60 Å². The number of rotatable bonds is 10. The molecule has 0 heterocycles. The summed E-state index contributed by atoms with van der Waals surface area (Å²) in [5, 5.41) is 0. The highest BCUT2D eigenvalue weighted by Gasteiger charge is 2.11. The molecule has 19 heavy (non-hydrogen) atoms. The highest BCUT2D eigenvalue weighted by Crippen LogP contribution is 2.33. The summed E-state index contributed by atoms with van der Waals surface area (Å²) >= 11 is 0. The van der Waals surface area contributed by atoms with E-state index in [9.17, 15) is 4.57 Å². The molecule has 0 spiro atoms. The van der Waals surface area contributed by atoms with Gasteiger partial charge in [-0.1, -0.05) is 23.3 Å². The molecular weight excluding hydrogens is 263 g/mol. The van der Waals surface area contributed by atoms with Crippen LogP contribution in [0, 0.1) is 0 Å². The maximum Gasteiger partial charge on any atom is 0.350 e. The predicted octanol–water partition coefficient (Wildman–Crippen LogP) is 4.00. The van der Waals surface area contributed by atoms with E-state index in [2.05, 4.69) is 32.9 Å². The molecule has 5 heteroatoms. The van der Waals surface area contributed by atoms with Crippen molar-refractivity contribution < 1.29 is 19.1 Å². The first-order chi connectivity index (χ1) is 8.81. The van der Waals surface area contributed by atoms with Gasteiger partial charge in [0.25, 0.3) is 0 Å². The zero-order valence-corrected chi connectivity index (χ0v) is 13.2. The van der Waals surface area contributed by atoms with E-state index in [0.29, 0.717) is 6.61 Å². The van der Waals surface area contributed by atoms with Crippen LogP contribution in [-0.2, 0) is 9.30 Å². The van der Waals surface area contributed by atoms with E-state index >= 15 is 0 Å². The first kappa shape index (κ1) is 18.6. The van der Waals surface area contributed by atoms with Crippen LogP contribution in [0.15, 0.2) is 23.3 Å². The molecule has 0 atom stereocenters. The molecule has 0 amide bonds. The Kier molecular flexibility index (Phi) is 10.2. The maximum atomic E-state index is 10.5. The van der Waals surface area contributed by atoms with Crippen LogP contribution in [-0.4, -0.2) is 22.7 Å². The van der Waals surface area contributed by atoms with Crippen LogP contribution in [0.4, 0.5) is 0 Å². The molecular formula is C14H27O4P. The molecule has 0 aliphatic carbocycles. The van der Waals surface area contributed by atoms with Crippen molar-refractivity contribution in [3.8, 4) is 0 Å². The highest BCUT2D eigenvalue weighted by atomic mass is 31.2. The summed E-state index contributed by atoms with van der Waals surface area (Å²) in [6, 6.07) is 0. The van der Waals surface area contributed by atoms with Gasteiger partial charge in [-0.15, -0.1) is 0 Å². The van der Waals surface area contributed by atoms with Gasteiger partial charge < -0.3 is 14.5 Å². The maximum absolute atomic E-state index is 10.5. The van der Waals surface area contributed by atoms with Crippen LogP contribution in [0.5, 0.6) is 0 Å². The zero-order valence-electron chi connectivity index (χ0n) is 12.3. The summed E-state index contributed by atoms with van der Waals surface area (Å²) in [7, 11) is -4.00. The highest BCUT2D eigenvalue weighted by molar-refractivity contribution is 7.51. The van der Waals surface area contributed by atoms with E-state index in [-0.39, 0.29) is 0 Å². The molecule has 0 saturated heterocycles.